The predicted octanol–water partition coefficient (Wildman–Crippen LogP) is 1.05. The third kappa shape index (κ3) is 2.68. The van der Waals surface area contributed by atoms with Crippen molar-refractivity contribution in [2.75, 3.05) is 19.0 Å². The van der Waals surface area contributed by atoms with Crippen molar-refractivity contribution in [3.63, 3.8) is 0 Å². The van der Waals surface area contributed by atoms with Crippen molar-refractivity contribution in [2.45, 2.75) is 19.4 Å². The van der Waals surface area contributed by atoms with Crippen molar-refractivity contribution >= 4 is 16.5 Å². The van der Waals surface area contributed by atoms with Crippen molar-refractivity contribution in [1.82, 2.24) is 10.2 Å². The fourth-order valence-electron chi connectivity index (χ4n) is 2.03. The maximum Gasteiger partial charge on any atom is 0.272 e. The third-order valence-corrected chi connectivity index (χ3v) is 3.05. The lowest BCUT2D eigenvalue weighted by Gasteiger charge is -2.18. The minimum absolute atomic E-state index is 0.0919. The molecule has 0 saturated carbocycles. The van der Waals surface area contributed by atoms with Gasteiger partial charge in [0.2, 0.25) is 0 Å². The van der Waals surface area contributed by atoms with E-state index in [1.165, 1.54) is 0 Å². The topological polar surface area (TPSA) is 87.0 Å². The highest BCUT2D eigenvalue weighted by atomic mass is 16.5. The molecule has 102 valence electrons. The number of rotatable bonds is 5. The molecule has 1 heterocycles. The Morgan fingerprint density at radius 1 is 1.26 bits per heavy atom. The van der Waals surface area contributed by atoms with Crippen molar-refractivity contribution < 1.29 is 4.74 Å². The highest BCUT2D eigenvalue weighted by Gasteiger charge is 2.11. The summed E-state index contributed by atoms with van der Waals surface area (Å²) < 4.78 is 5.12. The summed E-state index contributed by atoms with van der Waals surface area (Å²) >= 11 is 0. The van der Waals surface area contributed by atoms with Crippen LogP contribution in [0.1, 0.15) is 13.3 Å². The van der Waals surface area contributed by atoms with Crippen LogP contribution in [0.2, 0.25) is 0 Å². The lowest BCUT2D eigenvalue weighted by atomic mass is 10.1. The van der Waals surface area contributed by atoms with E-state index in [9.17, 15) is 9.59 Å². The number of aromatic amines is 2. The summed E-state index contributed by atoms with van der Waals surface area (Å²) in [5, 5.41) is 8.65. The van der Waals surface area contributed by atoms with E-state index in [1.807, 2.05) is 6.92 Å². The molecule has 6 heteroatoms. The standard InChI is InChI=1S/C13H17N3O3/c1-3-8(7-19-2)14-10-6-4-5-9-11(10)13(18)16-15-12(9)17/h4-6,8,14H,3,7H2,1-2H3,(H,15,17)(H,16,18). The van der Waals surface area contributed by atoms with Gasteiger partial charge in [-0.3, -0.25) is 19.8 Å². The first-order valence-electron chi connectivity index (χ1n) is 6.16. The Labute approximate surface area is 109 Å². The van der Waals surface area contributed by atoms with Gasteiger partial charge in [0.25, 0.3) is 11.1 Å². The van der Waals surface area contributed by atoms with Crippen molar-refractivity contribution in [1.29, 1.82) is 0 Å². The first-order valence-corrected chi connectivity index (χ1v) is 6.16. The van der Waals surface area contributed by atoms with Crippen LogP contribution in [0.5, 0.6) is 0 Å². The molecule has 0 radical (unpaired) electrons. The number of ether oxygens (including phenoxy) is 1. The summed E-state index contributed by atoms with van der Waals surface area (Å²) in [6, 6.07) is 5.26. The zero-order valence-electron chi connectivity index (χ0n) is 10.9. The zero-order chi connectivity index (χ0) is 13.8. The van der Waals surface area contributed by atoms with E-state index in [0.29, 0.717) is 23.1 Å². The number of H-pyrrole nitrogens is 2. The molecular formula is C13H17N3O3. The molecule has 0 saturated heterocycles. The van der Waals surface area contributed by atoms with E-state index in [0.717, 1.165) is 6.42 Å². The molecule has 2 aromatic rings. The van der Waals surface area contributed by atoms with Crippen LogP contribution in [0.3, 0.4) is 0 Å². The van der Waals surface area contributed by atoms with Crippen LogP contribution in [0.15, 0.2) is 27.8 Å². The van der Waals surface area contributed by atoms with Gasteiger partial charge < -0.3 is 10.1 Å². The molecule has 0 aliphatic rings. The highest BCUT2D eigenvalue weighted by Crippen LogP contribution is 2.18. The molecule has 1 atom stereocenters. The van der Waals surface area contributed by atoms with E-state index in [4.69, 9.17) is 4.74 Å². The molecular weight excluding hydrogens is 246 g/mol. The monoisotopic (exact) mass is 263 g/mol. The molecule has 0 fully saturated rings. The number of nitrogens with one attached hydrogen (secondary N) is 3. The number of methoxy groups -OCH3 is 1. The normalized spacial score (nSPS) is 12.5. The lowest BCUT2D eigenvalue weighted by molar-refractivity contribution is 0.184. The zero-order valence-corrected chi connectivity index (χ0v) is 10.9. The SMILES string of the molecule is CCC(COC)Nc1cccc2c(=O)[nH][nH]c(=O)c12. The van der Waals surface area contributed by atoms with E-state index in [-0.39, 0.29) is 17.2 Å². The number of aromatic nitrogens is 2. The van der Waals surface area contributed by atoms with Gasteiger partial charge in [0.15, 0.2) is 0 Å². The van der Waals surface area contributed by atoms with Crippen LogP contribution in [-0.2, 0) is 4.74 Å². The van der Waals surface area contributed by atoms with Crippen LogP contribution >= 0.6 is 0 Å². The summed E-state index contributed by atoms with van der Waals surface area (Å²) in [6.45, 7) is 2.56. The quantitative estimate of drug-likeness (QED) is 0.752. The second kappa shape index (κ2) is 5.71. The Balaban J connectivity index is 2.52. The summed E-state index contributed by atoms with van der Waals surface area (Å²) in [5.41, 5.74) is 0.0248. The number of hydrogen-bond acceptors (Lipinski definition) is 4. The number of anilines is 1. The first-order chi connectivity index (χ1) is 9.17. The average Bonchev–Trinajstić information content (AvgIpc) is 2.42. The summed E-state index contributed by atoms with van der Waals surface area (Å²) in [7, 11) is 1.63. The van der Waals surface area contributed by atoms with Gasteiger partial charge in [-0.1, -0.05) is 13.0 Å². The van der Waals surface area contributed by atoms with Gasteiger partial charge in [-0.2, -0.15) is 0 Å². The van der Waals surface area contributed by atoms with Crippen molar-refractivity contribution in [2.24, 2.45) is 0 Å². The fourth-order valence-corrected chi connectivity index (χ4v) is 2.03. The summed E-state index contributed by atoms with van der Waals surface area (Å²) in [4.78, 5) is 23.6. The second-order valence-electron chi connectivity index (χ2n) is 4.34. The molecule has 1 aromatic carbocycles. The van der Waals surface area contributed by atoms with Gasteiger partial charge in [0.1, 0.15) is 0 Å². The molecule has 0 spiro atoms. The van der Waals surface area contributed by atoms with Gasteiger partial charge in [0.05, 0.1) is 17.4 Å². The molecule has 1 unspecified atom stereocenters. The highest BCUT2D eigenvalue weighted by molar-refractivity contribution is 5.92. The number of fused-ring (bicyclic) bond motifs is 1. The summed E-state index contributed by atoms with van der Waals surface area (Å²) in [6.07, 6.45) is 0.853. The van der Waals surface area contributed by atoms with Gasteiger partial charge in [-0.05, 0) is 18.6 Å². The van der Waals surface area contributed by atoms with Crippen LogP contribution < -0.4 is 16.4 Å². The molecule has 0 aliphatic heterocycles. The van der Waals surface area contributed by atoms with E-state index in [2.05, 4.69) is 15.5 Å². The van der Waals surface area contributed by atoms with Gasteiger partial charge in [-0.25, -0.2) is 0 Å². The number of hydrogen-bond donors (Lipinski definition) is 3. The molecule has 2 rings (SSSR count). The maximum absolute atomic E-state index is 11.9. The fraction of sp³-hybridized carbons (Fsp3) is 0.385. The smallest absolute Gasteiger partial charge is 0.272 e. The molecule has 6 nitrogen and oxygen atoms in total. The molecule has 19 heavy (non-hydrogen) atoms. The van der Waals surface area contributed by atoms with Gasteiger partial charge >= 0.3 is 0 Å². The second-order valence-corrected chi connectivity index (χ2v) is 4.34. The Morgan fingerprint density at radius 3 is 2.68 bits per heavy atom. The Kier molecular flexibility index (Phi) is 4.01. The van der Waals surface area contributed by atoms with Crippen LogP contribution in [0, 0.1) is 0 Å². The Bertz CT molecular complexity index is 675. The van der Waals surface area contributed by atoms with Gasteiger partial charge in [0, 0.05) is 18.8 Å². The predicted molar refractivity (Wildman–Crippen MR) is 74.8 cm³/mol. The molecule has 0 bridgehead atoms. The van der Waals surface area contributed by atoms with E-state index in [1.54, 1.807) is 25.3 Å². The average molecular weight is 263 g/mol. The Hall–Kier alpha value is -2.08. The summed E-state index contributed by atoms with van der Waals surface area (Å²) in [5.74, 6) is 0. The van der Waals surface area contributed by atoms with Gasteiger partial charge in [-0.15, -0.1) is 0 Å². The van der Waals surface area contributed by atoms with Crippen LogP contribution in [0.25, 0.3) is 10.8 Å². The molecule has 0 amide bonds. The molecule has 1 aromatic heterocycles. The molecule has 0 aliphatic carbocycles. The molecule has 3 N–H and O–H groups in total. The minimum Gasteiger partial charge on any atom is -0.383 e. The van der Waals surface area contributed by atoms with Crippen molar-refractivity contribution in [3.8, 4) is 0 Å². The first kappa shape index (κ1) is 13.4. The minimum atomic E-state index is -0.315. The van der Waals surface area contributed by atoms with E-state index >= 15 is 0 Å². The van der Waals surface area contributed by atoms with Crippen LogP contribution in [0.4, 0.5) is 5.69 Å². The maximum atomic E-state index is 11.9. The number of benzene rings is 1. The Morgan fingerprint density at radius 2 is 2.00 bits per heavy atom. The van der Waals surface area contributed by atoms with Crippen molar-refractivity contribution in [3.05, 3.63) is 38.9 Å². The van der Waals surface area contributed by atoms with E-state index < -0.39 is 0 Å². The largest absolute Gasteiger partial charge is 0.383 e. The lowest BCUT2D eigenvalue weighted by Crippen LogP contribution is -2.26. The third-order valence-electron chi connectivity index (χ3n) is 3.05. The van der Waals surface area contributed by atoms with Crippen LogP contribution in [-0.4, -0.2) is 30.0 Å².